The normalized spacial score (nSPS) is 22.0. The van der Waals surface area contributed by atoms with Gasteiger partial charge in [-0.2, -0.15) is 0 Å². The van der Waals surface area contributed by atoms with Gasteiger partial charge in [-0.1, -0.05) is 27.4 Å². The summed E-state index contributed by atoms with van der Waals surface area (Å²) in [7, 11) is 0. The van der Waals surface area contributed by atoms with Crippen LogP contribution >= 0.6 is 0 Å². The highest BCUT2D eigenvalue weighted by Crippen LogP contribution is 2.38. The number of carbonyl (C=O) groups excluding carboxylic acids is 1. The Hall–Kier alpha value is -1.56. The summed E-state index contributed by atoms with van der Waals surface area (Å²) < 4.78 is 5.26. The van der Waals surface area contributed by atoms with Gasteiger partial charge >= 0.3 is 12.1 Å². The van der Waals surface area contributed by atoms with Crippen LogP contribution in [0, 0.1) is 5.41 Å². The Labute approximate surface area is 131 Å². The number of rotatable bonds is 6. The number of hydrogen-bond acceptors (Lipinski definition) is 4. The van der Waals surface area contributed by atoms with Crippen LogP contribution in [0.25, 0.3) is 0 Å². The number of likely N-dealkylation sites (tertiary alicyclic amines) is 1. The third-order valence-corrected chi connectivity index (χ3v) is 4.03. The van der Waals surface area contributed by atoms with E-state index in [1.165, 1.54) is 4.90 Å². The molecule has 1 fully saturated rings. The molecule has 0 aromatic heterocycles. The van der Waals surface area contributed by atoms with Gasteiger partial charge in [0.25, 0.3) is 0 Å². The van der Waals surface area contributed by atoms with Gasteiger partial charge in [0.1, 0.15) is 0 Å². The molecule has 6 nitrogen and oxygen atoms in total. The molecule has 1 rings (SSSR count). The van der Waals surface area contributed by atoms with Crippen LogP contribution in [0.2, 0.25) is 0 Å². The molecule has 1 atom stereocenters. The third kappa shape index (κ3) is 4.00. The molecule has 6 heteroatoms. The molecule has 2 N–H and O–H groups in total. The van der Waals surface area contributed by atoms with Gasteiger partial charge in [-0.3, -0.25) is 4.90 Å². The van der Waals surface area contributed by atoms with Crippen molar-refractivity contribution in [2.45, 2.75) is 52.0 Å². The largest absolute Gasteiger partial charge is 0.479 e. The Morgan fingerprint density at radius 3 is 2.55 bits per heavy atom. The molecule has 1 heterocycles. The Morgan fingerprint density at radius 1 is 1.41 bits per heavy atom. The topological polar surface area (TPSA) is 87.1 Å². The second-order valence-corrected chi connectivity index (χ2v) is 6.92. The number of aliphatic hydroxyl groups is 1. The standard InChI is InChI=1S/C16H27NO5/c1-12-6-9-17(14(21)22-11-8-15(2,3)4)16(12,13(19)20)7-5-10-18/h18H,1,5-11H2,2-4H3,(H,19,20). The highest BCUT2D eigenvalue weighted by atomic mass is 16.6. The van der Waals surface area contributed by atoms with Crippen LogP contribution in [-0.4, -0.2) is 52.5 Å². The second-order valence-electron chi connectivity index (χ2n) is 6.92. The van der Waals surface area contributed by atoms with Crippen LogP contribution in [-0.2, 0) is 9.53 Å². The van der Waals surface area contributed by atoms with Crippen molar-refractivity contribution < 1.29 is 24.5 Å². The van der Waals surface area contributed by atoms with Gasteiger partial charge in [0.15, 0.2) is 5.54 Å². The summed E-state index contributed by atoms with van der Waals surface area (Å²) in [4.78, 5) is 25.3. The number of hydrogen-bond donors (Lipinski definition) is 2. The lowest BCUT2D eigenvalue weighted by atomic mass is 9.87. The van der Waals surface area contributed by atoms with E-state index in [4.69, 9.17) is 9.84 Å². The smallest absolute Gasteiger partial charge is 0.410 e. The molecule has 1 saturated heterocycles. The fourth-order valence-corrected chi connectivity index (χ4v) is 2.63. The third-order valence-electron chi connectivity index (χ3n) is 4.03. The predicted molar refractivity (Wildman–Crippen MR) is 82.6 cm³/mol. The zero-order valence-electron chi connectivity index (χ0n) is 13.7. The summed E-state index contributed by atoms with van der Waals surface area (Å²) in [5.74, 6) is -1.11. The van der Waals surface area contributed by atoms with Crippen LogP contribution in [0.15, 0.2) is 12.2 Å². The SMILES string of the molecule is C=C1CCN(C(=O)OCCC(C)(C)C)C1(CCCO)C(=O)O. The molecule has 1 amide bonds. The van der Waals surface area contributed by atoms with Crippen molar-refractivity contribution in [3.63, 3.8) is 0 Å². The van der Waals surface area contributed by atoms with E-state index in [2.05, 4.69) is 6.58 Å². The average molecular weight is 313 g/mol. The lowest BCUT2D eigenvalue weighted by Crippen LogP contribution is -2.54. The molecule has 1 aliphatic heterocycles. The summed E-state index contributed by atoms with van der Waals surface area (Å²) >= 11 is 0. The van der Waals surface area contributed by atoms with E-state index >= 15 is 0 Å². The highest BCUT2D eigenvalue weighted by Gasteiger charge is 2.52. The number of amides is 1. The van der Waals surface area contributed by atoms with Crippen molar-refractivity contribution in [2.75, 3.05) is 19.8 Å². The molecule has 22 heavy (non-hydrogen) atoms. The van der Waals surface area contributed by atoms with Crippen LogP contribution in [0.4, 0.5) is 4.79 Å². The summed E-state index contributed by atoms with van der Waals surface area (Å²) in [6.45, 7) is 10.4. The van der Waals surface area contributed by atoms with Gasteiger partial charge < -0.3 is 14.9 Å². The van der Waals surface area contributed by atoms with E-state index in [1.807, 2.05) is 20.8 Å². The summed E-state index contributed by atoms with van der Waals surface area (Å²) in [5.41, 5.74) is -0.932. The fraction of sp³-hybridized carbons (Fsp3) is 0.750. The minimum Gasteiger partial charge on any atom is -0.479 e. The monoisotopic (exact) mass is 313 g/mol. The molecule has 0 bridgehead atoms. The molecular weight excluding hydrogens is 286 g/mol. The van der Waals surface area contributed by atoms with Crippen molar-refractivity contribution in [2.24, 2.45) is 5.41 Å². The van der Waals surface area contributed by atoms with Crippen LogP contribution < -0.4 is 0 Å². The van der Waals surface area contributed by atoms with Crippen LogP contribution in [0.1, 0.15) is 46.5 Å². The minimum absolute atomic E-state index is 0.0374. The summed E-state index contributed by atoms with van der Waals surface area (Å²) in [5, 5.41) is 18.7. The maximum absolute atomic E-state index is 12.3. The van der Waals surface area contributed by atoms with Crippen molar-refractivity contribution in [3.05, 3.63) is 12.2 Å². The first-order valence-electron chi connectivity index (χ1n) is 7.62. The van der Waals surface area contributed by atoms with Crippen LogP contribution in [0.3, 0.4) is 0 Å². The number of aliphatic hydroxyl groups excluding tert-OH is 1. The maximum Gasteiger partial charge on any atom is 0.410 e. The lowest BCUT2D eigenvalue weighted by molar-refractivity contribution is -0.147. The molecule has 1 aliphatic rings. The maximum atomic E-state index is 12.3. The number of nitrogens with zero attached hydrogens (tertiary/aromatic N) is 1. The first-order valence-corrected chi connectivity index (χ1v) is 7.62. The molecular formula is C16H27NO5. The molecule has 0 radical (unpaired) electrons. The Bertz CT molecular complexity index is 440. The van der Waals surface area contributed by atoms with E-state index in [9.17, 15) is 14.7 Å². The molecule has 0 aromatic rings. The lowest BCUT2D eigenvalue weighted by Gasteiger charge is -2.34. The minimum atomic E-state index is -1.46. The predicted octanol–water partition coefficient (Wildman–Crippen LogP) is 2.42. The Kier molecular flexibility index (Phi) is 6.00. The number of aliphatic carboxylic acids is 1. The number of carboxylic acids is 1. The second kappa shape index (κ2) is 7.13. The Balaban J connectivity index is 2.83. The highest BCUT2D eigenvalue weighted by molar-refractivity contribution is 5.89. The number of carbonyl (C=O) groups is 2. The van der Waals surface area contributed by atoms with E-state index in [0.717, 1.165) is 0 Å². The quantitative estimate of drug-likeness (QED) is 0.735. The summed E-state index contributed by atoms with van der Waals surface area (Å²) in [6.07, 6.45) is 0.947. The van der Waals surface area contributed by atoms with Gasteiger partial charge in [0, 0.05) is 13.2 Å². The van der Waals surface area contributed by atoms with E-state index < -0.39 is 17.6 Å². The molecule has 0 saturated carbocycles. The fourth-order valence-electron chi connectivity index (χ4n) is 2.63. The number of ether oxygens (including phenoxy) is 1. The Morgan fingerprint density at radius 2 is 2.05 bits per heavy atom. The average Bonchev–Trinajstić information content (AvgIpc) is 2.73. The van der Waals surface area contributed by atoms with E-state index in [0.29, 0.717) is 18.4 Å². The summed E-state index contributed by atoms with van der Waals surface area (Å²) in [6, 6.07) is 0. The van der Waals surface area contributed by atoms with Gasteiger partial charge in [-0.15, -0.1) is 0 Å². The zero-order valence-corrected chi connectivity index (χ0v) is 13.7. The zero-order chi connectivity index (χ0) is 17.0. The van der Waals surface area contributed by atoms with Crippen molar-refractivity contribution >= 4 is 12.1 Å². The number of carboxylic acid groups (broad SMARTS) is 1. The molecule has 0 aliphatic carbocycles. The van der Waals surface area contributed by atoms with Crippen LogP contribution in [0.5, 0.6) is 0 Å². The van der Waals surface area contributed by atoms with Crippen molar-refractivity contribution in [1.82, 2.24) is 4.90 Å². The van der Waals surface area contributed by atoms with E-state index in [1.54, 1.807) is 0 Å². The molecule has 126 valence electrons. The molecule has 0 aromatic carbocycles. The molecule has 1 unspecified atom stereocenters. The van der Waals surface area contributed by atoms with E-state index in [-0.39, 0.29) is 38.0 Å². The molecule has 0 spiro atoms. The van der Waals surface area contributed by atoms with Gasteiger partial charge in [-0.25, -0.2) is 9.59 Å². The van der Waals surface area contributed by atoms with Gasteiger partial charge in [-0.05, 0) is 36.7 Å². The van der Waals surface area contributed by atoms with Gasteiger partial charge in [0.2, 0.25) is 0 Å². The first kappa shape index (κ1) is 18.5. The van der Waals surface area contributed by atoms with Gasteiger partial charge in [0.05, 0.1) is 6.61 Å². The van der Waals surface area contributed by atoms with Crippen molar-refractivity contribution in [1.29, 1.82) is 0 Å². The first-order chi connectivity index (χ1) is 10.1. The van der Waals surface area contributed by atoms with Crippen molar-refractivity contribution in [3.8, 4) is 0 Å².